The maximum atomic E-state index is 8.91. The molecule has 1 aliphatic rings. The Kier molecular flexibility index (Phi) is 2.87. The van der Waals surface area contributed by atoms with Crippen molar-refractivity contribution in [1.82, 2.24) is 5.32 Å². The average molecular weight is 159 g/mol. The van der Waals surface area contributed by atoms with Gasteiger partial charge in [-0.1, -0.05) is 0 Å². The predicted octanol–water partition coefficient (Wildman–Crippen LogP) is 0.136. The number of aliphatic hydroxyl groups excluding tert-OH is 1. The van der Waals surface area contributed by atoms with Gasteiger partial charge < -0.3 is 15.2 Å². The molecule has 1 aliphatic heterocycles. The highest BCUT2D eigenvalue weighted by Crippen LogP contribution is 2.14. The Hall–Kier alpha value is -0.120. The zero-order chi connectivity index (χ0) is 8.32. The van der Waals surface area contributed by atoms with Crippen LogP contribution in [0.2, 0.25) is 0 Å². The molecule has 2 N–H and O–H groups in total. The Bertz CT molecular complexity index is 119. The summed E-state index contributed by atoms with van der Waals surface area (Å²) in [4.78, 5) is 0. The van der Waals surface area contributed by atoms with E-state index in [1.807, 2.05) is 13.8 Å². The molecular weight excluding hydrogens is 142 g/mol. The van der Waals surface area contributed by atoms with E-state index < -0.39 is 0 Å². The van der Waals surface area contributed by atoms with E-state index in [1.54, 1.807) is 0 Å². The highest BCUT2D eigenvalue weighted by Gasteiger charge is 2.24. The topological polar surface area (TPSA) is 41.5 Å². The molecule has 1 heterocycles. The molecule has 1 rings (SSSR count). The maximum Gasteiger partial charge on any atom is 0.0860 e. The van der Waals surface area contributed by atoms with Crippen molar-refractivity contribution in [3.05, 3.63) is 0 Å². The summed E-state index contributed by atoms with van der Waals surface area (Å²) in [5, 5.41) is 12.1. The second-order valence-corrected chi connectivity index (χ2v) is 3.65. The van der Waals surface area contributed by atoms with Crippen molar-refractivity contribution in [3.8, 4) is 0 Å². The summed E-state index contributed by atoms with van der Waals surface area (Å²) in [7, 11) is 0. The molecule has 3 heteroatoms. The molecule has 1 atom stereocenters. The van der Waals surface area contributed by atoms with Gasteiger partial charge in [-0.15, -0.1) is 0 Å². The lowest BCUT2D eigenvalue weighted by Gasteiger charge is -2.26. The van der Waals surface area contributed by atoms with Crippen molar-refractivity contribution >= 4 is 0 Å². The smallest absolute Gasteiger partial charge is 0.0860 e. The van der Waals surface area contributed by atoms with Crippen LogP contribution in [0.5, 0.6) is 0 Å². The second kappa shape index (κ2) is 3.52. The van der Waals surface area contributed by atoms with Gasteiger partial charge in [0.25, 0.3) is 0 Å². The van der Waals surface area contributed by atoms with Gasteiger partial charge in [0.1, 0.15) is 0 Å². The first kappa shape index (κ1) is 8.97. The molecule has 0 aromatic carbocycles. The lowest BCUT2D eigenvalue weighted by atomic mass is 10.1. The van der Waals surface area contributed by atoms with Crippen LogP contribution < -0.4 is 5.32 Å². The van der Waals surface area contributed by atoms with Crippen LogP contribution in [-0.4, -0.2) is 36.5 Å². The van der Waals surface area contributed by atoms with E-state index in [4.69, 9.17) is 9.84 Å². The third-order valence-corrected chi connectivity index (χ3v) is 1.88. The third kappa shape index (κ3) is 2.77. The fourth-order valence-corrected chi connectivity index (χ4v) is 1.22. The molecule has 0 radical (unpaired) electrons. The normalized spacial score (nSPS) is 25.9. The van der Waals surface area contributed by atoms with Gasteiger partial charge in [-0.3, -0.25) is 0 Å². The van der Waals surface area contributed by atoms with Crippen LogP contribution in [0.3, 0.4) is 0 Å². The van der Waals surface area contributed by atoms with E-state index in [0.717, 1.165) is 19.5 Å². The first-order valence-electron chi connectivity index (χ1n) is 4.13. The molecule has 0 aromatic rings. The summed E-state index contributed by atoms with van der Waals surface area (Å²) in [5.41, 5.74) is -0.378. The van der Waals surface area contributed by atoms with E-state index >= 15 is 0 Å². The van der Waals surface area contributed by atoms with Crippen LogP contribution in [0, 0.1) is 0 Å². The summed E-state index contributed by atoms with van der Waals surface area (Å²) in [6.45, 7) is 5.86. The van der Waals surface area contributed by atoms with Crippen molar-refractivity contribution in [2.45, 2.75) is 32.0 Å². The minimum absolute atomic E-state index is 0.0868. The number of aliphatic hydroxyl groups is 1. The lowest BCUT2D eigenvalue weighted by molar-refractivity contribution is -0.0899. The van der Waals surface area contributed by atoms with E-state index in [9.17, 15) is 0 Å². The van der Waals surface area contributed by atoms with Gasteiger partial charge in [0.2, 0.25) is 0 Å². The fourth-order valence-electron chi connectivity index (χ4n) is 1.22. The standard InChI is InChI=1S/C8H17NO2/c1-8(2,6-10)11-7-3-4-9-5-7/h7,9-10H,3-6H2,1-2H3. The number of nitrogens with one attached hydrogen (secondary N) is 1. The van der Waals surface area contributed by atoms with Gasteiger partial charge in [0.15, 0.2) is 0 Å². The largest absolute Gasteiger partial charge is 0.393 e. The molecular formula is C8H17NO2. The van der Waals surface area contributed by atoms with Crippen LogP contribution in [0.25, 0.3) is 0 Å². The first-order valence-corrected chi connectivity index (χ1v) is 4.13. The SMILES string of the molecule is CC(C)(CO)OC1CCNC1. The molecule has 0 spiro atoms. The Morgan fingerprint density at radius 2 is 2.36 bits per heavy atom. The quantitative estimate of drug-likeness (QED) is 0.615. The molecule has 1 saturated heterocycles. The highest BCUT2D eigenvalue weighted by molar-refractivity contribution is 4.76. The summed E-state index contributed by atoms with van der Waals surface area (Å²) < 4.78 is 5.64. The second-order valence-electron chi connectivity index (χ2n) is 3.65. The van der Waals surface area contributed by atoms with E-state index in [-0.39, 0.29) is 18.3 Å². The van der Waals surface area contributed by atoms with Crippen molar-refractivity contribution in [1.29, 1.82) is 0 Å². The van der Waals surface area contributed by atoms with Crippen LogP contribution in [0.4, 0.5) is 0 Å². The predicted molar refractivity (Wildman–Crippen MR) is 43.5 cm³/mol. The molecule has 0 bridgehead atoms. The Morgan fingerprint density at radius 3 is 2.82 bits per heavy atom. The van der Waals surface area contributed by atoms with Crippen LogP contribution in [0.15, 0.2) is 0 Å². The molecule has 66 valence electrons. The van der Waals surface area contributed by atoms with Gasteiger partial charge in [-0.2, -0.15) is 0 Å². The summed E-state index contributed by atoms with van der Waals surface area (Å²) in [5.74, 6) is 0. The van der Waals surface area contributed by atoms with E-state index in [1.165, 1.54) is 0 Å². The van der Waals surface area contributed by atoms with Crippen LogP contribution in [0.1, 0.15) is 20.3 Å². The Labute approximate surface area is 67.7 Å². The lowest BCUT2D eigenvalue weighted by Crippen LogP contribution is -2.35. The first-order chi connectivity index (χ1) is 5.14. The van der Waals surface area contributed by atoms with E-state index in [2.05, 4.69) is 5.32 Å². The summed E-state index contributed by atoms with van der Waals surface area (Å²) in [6.07, 6.45) is 1.35. The number of hydrogen-bond donors (Lipinski definition) is 2. The average Bonchev–Trinajstić information content (AvgIpc) is 2.39. The Morgan fingerprint density at radius 1 is 1.64 bits per heavy atom. The number of hydrogen-bond acceptors (Lipinski definition) is 3. The van der Waals surface area contributed by atoms with Crippen molar-refractivity contribution < 1.29 is 9.84 Å². The van der Waals surface area contributed by atoms with E-state index in [0.29, 0.717) is 0 Å². The van der Waals surface area contributed by atoms with Crippen LogP contribution >= 0.6 is 0 Å². The molecule has 3 nitrogen and oxygen atoms in total. The van der Waals surface area contributed by atoms with Crippen LogP contribution in [-0.2, 0) is 4.74 Å². The third-order valence-electron chi connectivity index (χ3n) is 1.88. The molecule has 0 amide bonds. The highest BCUT2D eigenvalue weighted by atomic mass is 16.5. The monoisotopic (exact) mass is 159 g/mol. The molecule has 1 fully saturated rings. The Balaban J connectivity index is 2.28. The van der Waals surface area contributed by atoms with Gasteiger partial charge in [0.05, 0.1) is 18.3 Å². The van der Waals surface area contributed by atoms with Crippen molar-refractivity contribution in [2.75, 3.05) is 19.7 Å². The van der Waals surface area contributed by atoms with Gasteiger partial charge in [0, 0.05) is 6.54 Å². The summed E-state index contributed by atoms with van der Waals surface area (Å²) >= 11 is 0. The van der Waals surface area contributed by atoms with Crippen molar-refractivity contribution in [2.24, 2.45) is 0 Å². The minimum atomic E-state index is -0.378. The molecule has 11 heavy (non-hydrogen) atoms. The molecule has 0 saturated carbocycles. The number of rotatable bonds is 3. The summed E-state index contributed by atoms with van der Waals surface area (Å²) in [6, 6.07) is 0. The zero-order valence-corrected chi connectivity index (χ0v) is 7.26. The van der Waals surface area contributed by atoms with Gasteiger partial charge in [-0.05, 0) is 26.8 Å². The molecule has 1 unspecified atom stereocenters. The van der Waals surface area contributed by atoms with Crippen molar-refractivity contribution in [3.63, 3.8) is 0 Å². The fraction of sp³-hybridized carbons (Fsp3) is 1.00. The minimum Gasteiger partial charge on any atom is -0.393 e. The maximum absolute atomic E-state index is 8.91. The van der Waals surface area contributed by atoms with Gasteiger partial charge >= 0.3 is 0 Å². The number of ether oxygens (including phenoxy) is 1. The zero-order valence-electron chi connectivity index (χ0n) is 7.26. The molecule has 0 aliphatic carbocycles. The van der Waals surface area contributed by atoms with Gasteiger partial charge in [-0.25, -0.2) is 0 Å². The molecule has 0 aromatic heterocycles.